The molecule has 1 aromatic carbocycles. The van der Waals surface area contributed by atoms with Crippen molar-refractivity contribution in [2.45, 2.75) is 13.1 Å². The Bertz CT molecular complexity index is 836. The van der Waals surface area contributed by atoms with Gasteiger partial charge in [0.15, 0.2) is 5.96 Å². The highest BCUT2D eigenvalue weighted by Gasteiger charge is 2.10. The number of guanidine groups is 1. The lowest BCUT2D eigenvalue weighted by Crippen LogP contribution is -2.38. The molecule has 0 aliphatic rings. The second kappa shape index (κ2) is 7.65. The van der Waals surface area contributed by atoms with Crippen LogP contribution in [-0.2, 0) is 20.1 Å². The topological polar surface area (TPSA) is 71.5 Å². The maximum atomic E-state index is 5.56. The number of rotatable bonds is 5. The molecule has 25 heavy (non-hydrogen) atoms. The van der Waals surface area contributed by atoms with Gasteiger partial charge in [-0.15, -0.1) is 0 Å². The minimum Gasteiger partial charge on any atom is -0.444 e. The van der Waals surface area contributed by atoms with E-state index < -0.39 is 0 Å². The lowest BCUT2D eigenvalue weighted by atomic mass is 10.2. The molecule has 3 aromatic rings. The van der Waals surface area contributed by atoms with Crippen molar-refractivity contribution >= 4 is 5.96 Å². The molecular weight excluding hydrogens is 316 g/mol. The molecule has 0 unspecified atom stereocenters. The molecule has 7 nitrogen and oxygen atoms in total. The zero-order valence-electron chi connectivity index (χ0n) is 14.7. The van der Waals surface area contributed by atoms with Gasteiger partial charge in [-0.05, 0) is 12.1 Å². The molecule has 0 saturated carbocycles. The van der Waals surface area contributed by atoms with Crippen LogP contribution in [0.25, 0.3) is 11.5 Å². The van der Waals surface area contributed by atoms with Gasteiger partial charge in [0.1, 0.15) is 6.26 Å². The first-order valence-electron chi connectivity index (χ1n) is 8.05. The number of aryl methyl sites for hydroxylation is 1. The van der Waals surface area contributed by atoms with E-state index in [9.17, 15) is 0 Å². The predicted octanol–water partition coefficient (Wildman–Crippen LogP) is 2.28. The summed E-state index contributed by atoms with van der Waals surface area (Å²) in [6.07, 6.45) is 5.52. The van der Waals surface area contributed by atoms with E-state index in [-0.39, 0.29) is 0 Å². The van der Waals surface area contributed by atoms with Crippen molar-refractivity contribution in [1.82, 2.24) is 25.0 Å². The Morgan fingerprint density at radius 3 is 2.80 bits per heavy atom. The quantitative estimate of drug-likeness (QED) is 0.571. The number of benzene rings is 1. The van der Waals surface area contributed by atoms with Crippen molar-refractivity contribution in [2.75, 3.05) is 14.1 Å². The Kier molecular flexibility index (Phi) is 5.13. The summed E-state index contributed by atoms with van der Waals surface area (Å²) in [6.45, 7) is 1.27. The number of hydrogen-bond donors (Lipinski definition) is 1. The fourth-order valence-corrected chi connectivity index (χ4v) is 2.56. The third-order valence-electron chi connectivity index (χ3n) is 3.75. The van der Waals surface area contributed by atoms with Crippen molar-refractivity contribution in [3.05, 3.63) is 60.2 Å². The fraction of sp³-hybridized carbons (Fsp3) is 0.278. The number of oxazole rings is 1. The molecule has 0 spiro atoms. The van der Waals surface area contributed by atoms with Crippen LogP contribution in [0.3, 0.4) is 0 Å². The molecule has 0 fully saturated rings. The van der Waals surface area contributed by atoms with Gasteiger partial charge < -0.3 is 14.6 Å². The van der Waals surface area contributed by atoms with Crippen LogP contribution >= 0.6 is 0 Å². The summed E-state index contributed by atoms with van der Waals surface area (Å²) >= 11 is 0. The molecule has 0 bridgehead atoms. The first-order valence-corrected chi connectivity index (χ1v) is 8.05. The largest absolute Gasteiger partial charge is 0.444 e. The van der Waals surface area contributed by atoms with Gasteiger partial charge in [0.05, 0.1) is 18.4 Å². The van der Waals surface area contributed by atoms with E-state index in [0.29, 0.717) is 12.4 Å². The Morgan fingerprint density at radius 2 is 2.12 bits per heavy atom. The summed E-state index contributed by atoms with van der Waals surface area (Å²) in [5.41, 5.74) is 2.92. The van der Waals surface area contributed by atoms with Crippen molar-refractivity contribution in [3.63, 3.8) is 0 Å². The van der Waals surface area contributed by atoms with E-state index in [1.165, 1.54) is 0 Å². The minimum absolute atomic E-state index is 0.542. The average molecular weight is 338 g/mol. The minimum atomic E-state index is 0.542. The van der Waals surface area contributed by atoms with Gasteiger partial charge in [0.2, 0.25) is 5.89 Å². The molecule has 0 saturated heterocycles. The Hall–Kier alpha value is -3.09. The van der Waals surface area contributed by atoms with E-state index in [1.54, 1.807) is 18.0 Å². The van der Waals surface area contributed by atoms with E-state index >= 15 is 0 Å². The molecule has 130 valence electrons. The standard InChI is InChI=1S/C18H22N6O/c1-19-18(23(2)11-14-9-21-24(3)12-14)20-10-16-13-25-17(22-16)15-7-5-4-6-8-15/h4-9,12-13H,10-11H2,1-3H3,(H,19,20). The fourth-order valence-electron chi connectivity index (χ4n) is 2.56. The van der Waals surface area contributed by atoms with Gasteiger partial charge in [0, 0.05) is 45.0 Å². The van der Waals surface area contributed by atoms with E-state index in [2.05, 4.69) is 20.4 Å². The van der Waals surface area contributed by atoms with Gasteiger partial charge in [-0.3, -0.25) is 9.67 Å². The summed E-state index contributed by atoms with van der Waals surface area (Å²) in [6, 6.07) is 9.85. The molecule has 7 heteroatoms. The van der Waals surface area contributed by atoms with Gasteiger partial charge in [-0.25, -0.2) is 4.98 Å². The van der Waals surface area contributed by atoms with Crippen molar-refractivity contribution in [3.8, 4) is 11.5 Å². The lowest BCUT2D eigenvalue weighted by molar-refractivity contribution is 0.475. The zero-order chi connectivity index (χ0) is 17.6. The molecule has 2 aromatic heterocycles. The molecule has 1 N–H and O–H groups in total. The van der Waals surface area contributed by atoms with Crippen molar-refractivity contribution in [2.24, 2.45) is 12.0 Å². The first kappa shape index (κ1) is 16.8. The van der Waals surface area contributed by atoms with Crippen molar-refractivity contribution < 1.29 is 4.42 Å². The number of aliphatic imine (C=N–C) groups is 1. The highest BCUT2D eigenvalue weighted by atomic mass is 16.3. The second-order valence-electron chi connectivity index (χ2n) is 5.79. The summed E-state index contributed by atoms with van der Waals surface area (Å²) in [4.78, 5) is 10.9. The Balaban J connectivity index is 1.59. The summed E-state index contributed by atoms with van der Waals surface area (Å²) in [7, 11) is 5.66. The number of aromatic nitrogens is 3. The van der Waals surface area contributed by atoms with Gasteiger partial charge in [-0.2, -0.15) is 5.10 Å². The predicted molar refractivity (Wildman–Crippen MR) is 96.8 cm³/mol. The second-order valence-corrected chi connectivity index (χ2v) is 5.79. The average Bonchev–Trinajstić information content (AvgIpc) is 3.25. The van der Waals surface area contributed by atoms with Crippen LogP contribution in [0.4, 0.5) is 0 Å². The molecule has 0 amide bonds. The van der Waals surface area contributed by atoms with Crippen LogP contribution in [-0.4, -0.2) is 39.7 Å². The van der Waals surface area contributed by atoms with Gasteiger partial charge >= 0.3 is 0 Å². The highest BCUT2D eigenvalue weighted by Crippen LogP contribution is 2.17. The highest BCUT2D eigenvalue weighted by molar-refractivity contribution is 5.79. The molecule has 0 radical (unpaired) electrons. The van der Waals surface area contributed by atoms with Crippen LogP contribution in [0.5, 0.6) is 0 Å². The van der Waals surface area contributed by atoms with Gasteiger partial charge in [0.25, 0.3) is 0 Å². The number of hydrogen-bond acceptors (Lipinski definition) is 4. The molecule has 2 heterocycles. The number of nitrogens with zero attached hydrogens (tertiary/aromatic N) is 5. The van der Waals surface area contributed by atoms with E-state index in [1.807, 2.05) is 61.7 Å². The third kappa shape index (κ3) is 4.26. The molecule has 0 atom stereocenters. The van der Waals surface area contributed by atoms with Gasteiger partial charge in [-0.1, -0.05) is 18.2 Å². The van der Waals surface area contributed by atoms with Crippen LogP contribution in [0.15, 0.2) is 58.4 Å². The lowest BCUT2D eigenvalue weighted by Gasteiger charge is -2.21. The summed E-state index contributed by atoms with van der Waals surface area (Å²) in [5.74, 6) is 1.41. The van der Waals surface area contributed by atoms with Crippen LogP contribution in [0.1, 0.15) is 11.3 Å². The van der Waals surface area contributed by atoms with Crippen molar-refractivity contribution in [1.29, 1.82) is 0 Å². The Morgan fingerprint density at radius 1 is 1.32 bits per heavy atom. The summed E-state index contributed by atoms with van der Waals surface area (Å²) in [5, 5.41) is 7.49. The normalized spacial score (nSPS) is 11.6. The monoisotopic (exact) mass is 338 g/mol. The molecule has 3 rings (SSSR count). The molecule has 0 aliphatic heterocycles. The summed E-state index contributed by atoms with van der Waals surface area (Å²) < 4.78 is 7.35. The first-order chi connectivity index (χ1) is 12.2. The third-order valence-corrected chi connectivity index (χ3v) is 3.75. The SMILES string of the molecule is CN=C(NCc1coc(-c2ccccc2)n1)N(C)Cc1cnn(C)c1. The Labute approximate surface area is 147 Å². The van der Waals surface area contributed by atoms with Crippen LogP contribution in [0.2, 0.25) is 0 Å². The van der Waals surface area contributed by atoms with E-state index in [0.717, 1.165) is 29.3 Å². The maximum absolute atomic E-state index is 5.56. The number of nitrogens with one attached hydrogen (secondary N) is 1. The zero-order valence-corrected chi connectivity index (χ0v) is 14.7. The van der Waals surface area contributed by atoms with E-state index in [4.69, 9.17) is 4.42 Å². The maximum Gasteiger partial charge on any atom is 0.226 e. The molecule has 0 aliphatic carbocycles. The molecular formula is C18H22N6O. The smallest absolute Gasteiger partial charge is 0.226 e. The van der Waals surface area contributed by atoms with Crippen LogP contribution < -0.4 is 5.32 Å². The van der Waals surface area contributed by atoms with Crippen LogP contribution in [0, 0.1) is 0 Å².